The van der Waals surface area contributed by atoms with Crippen LogP contribution in [0.1, 0.15) is 23.0 Å². The monoisotopic (exact) mass is 407 g/mol. The molecule has 8 nitrogen and oxygen atoms in total. The fourth-order valence-electron chi connectivity index (χ4n) is 2.88. The number of ether oxygens (including phenoxy) is 3. The van der Waals surface area contributed by atoms with Crippen molar-refractivity contribution in [3.05, 3.63) is 74.1 Å². The number of rotatable bonds is 6. The maximum Gasteiger partial charge on any atom is 0.340 e. The first-order valence-electron chi connectivity index (χ1n) is 8.33. The summed E-state index contributed by atoms with van der Waals surface area (Å²) in [6.45, 7) is -0.323. The second-order valence-corrected chi connectivity index (χ2v) is 6.30. The number of nitrogens with two attached hydrogens (primary N) is 1. The smallest absolute Gasteiger partial charge is 0.340 e. The molecule has 1 aliphatic rings. The van der Waals surface area contributed by atoms with E-state index >= 15 is 0 Å². The van der Waals surface area contributed by atoms with E-state index in [-0.39, 0.29) is 41.9 Å². The molecule has 0 radical (unpaired) electrons. The van der Waals surface area contributed by atoms with Crippen molar-refractivity contribution in [3.63, 3.8) is 0 Å². The van der Waals surface area contributed by atoms with E-state index in [0.29, 0.717) is 10.6 Å². The molecular formula is C19H18ClNO7. The summed E-state index contributed by atoms with van der Waals surface area (Å²) in [7, 11) is 1.47. The summed E-state index contributed by atoms with van der Waals surface area (Å²) in [5, 5.41) is 9.73. The Labute approximate surface area is 165 Å². The van der Waals surface area contributed by atoms with E-state index < -0.39 is 23.9 Å². The first-order chi connectivity index (χ1) is 13.5. The van der Waals surface area contributed by atoms with Gasteiger partial charge in [-0.25, -0.2) is 4.79 Å². The van der Waals surface area contributed by atoms with Gasteiger partial charge in [0.1, 0.15) is 24.5 Å². The van der Waals surface area contributed by atoms with Crippen molar-refractivity contribution in [1.82, 2.24) is 0 Å². The summed E-state index contributed by atoms with van der Waals surface area (Å²) in [4.78, 5) is 25.1. The standard InChI is InChI=1S/C19H18ClNO7/c1-25-6-7-26-19(24)15-14(11-4-2-3-5-12(11)20)17-16(28-18(15)21)13(23)8-10(9-22)27-17/h2-5,8,14,22H,6-7,9,21H2,1H3. The minimum absolute atomic E-state index is 0.00512. The number of aliphatic hydroxyl groups is 1. The number of fused-ring (bicyclic) bond motifs is 1. The third kappa shape index (κ3) is 3.75. The van der Waals surface area contributed by atoms with Crippen LogP contribution < -0.4 is 15.9 Å². The van der Waals surface area contributed by atoms with E-state index in [1.807, 2.05) is 0 Å². The number of hydrogen-bond acceptors (Lipinski definition) is 8. The molecule has 0 saturated carbocycles. The molecule has 0 saturated heterocycles. The maximum absolute atomic E-state index is 12.7. The second kappa shape index (κ2) is 8.47. The fraction of sp³-hybridized carbons (Fsp3) is 0.263. The zero-order valence-electron chi connectivity index (χ0n) is 14.9. The molecule has 3 N–H and O–H groups in total. The first kappa shape index (κ1) is 19.9. The highest BCUT2D eigenvalue weighted by atomic mass is 35.5. The van der Waals surface area contributed by atoms with Crippen molar-refractivity contribution >= 4 is 17.6 Å². The Morgan fingerprint density at radius 2 is 2.07 bits per heavy atom. The lowest BCUT2D eigenvalue weighted by Crippen LogP contribution is -2.30. The highest BCUT2D eigenvalue weighted by Gasteiger charge is 2.40. The molecule has 2 heterocycles. The van der Waals surface area contributed by atoms with Gasteiger partial charge >= 0.3 is 5.97 Å². The van der Waals surface area contributed by atoms with Gasteiger partial charge < -0.3 is 29.5 Å². The molecule has 2 aromatic rings. The van der Waals surface area contributed by atoms with Gasteiger partial charge in [-0.3, -0.25) is 4.79 Å². The predicted octanol–water partition coefficient (Wildman–Crippen LogP) is 1.67. The summed E-state index contributed by atoms with van der Waals surface area (Å²) in [5.41, 5.74) is 5.83. The number of benzene rings is 1. The zero-order valence-corrected chi connectivity index (χ0v) is 15.7. The van der Waals surface area contributed by atoms with Crippen LogP contribution in [0.5, 0.6) is 5.75 Å². The Bertz CT molecular complexity index is 982. The molecular weight excluding hydrogens is 390 g/mol. The van der Waals surface area contributed by atoms with Gasteiger partial charge in [0.15, 0.2) is 5.76 Å². The Morgan fingerprint density at radius 1 is 1.32 bits per heavy atom. The molecule has 3 rings (SSSR count). The van der Waals surface area contributed by atoms with Crippen molar-refractivity contribution in [2.24, 2.45) is 5.73 Å². The number of halogens is 1. The van der Waals surface area contributed by atoms with Crippen LogP contribution in [0, 0.1) is 0 Å². The molecule has 0 spiro atoms. The van der Waals surface area contributed by atoms with Crippen LogP contribution in [0.4, 0.5) is 0 Å². The van der Waals surface area contributed by atoms with Gasteiger partial charge in [-0.05, 0) is 11.6 Å². The Kier molecular flexibility index (Phi) is 6.03. The molecule has 0 amide bonds. The molecule has 1 atom stereocenters. The lowest BCUT2D eigenvalue weighted by molar-refractivity contribution is -0.140. The third-order valence-corrected chi connectivity index (χ3v) is 4.47. The van der Waals surface area contributed by atoms with Crippen LogP contribution in [0.2, 0.25) is 5.02 Å². The predicted molar refractivity (Wildman–Crippen MR) is 98.9 cm³/mol. The van der Waals surface area contributed by atoms with Gasteiger partial charge in [-0.15, -0.1) is 0 Å². The minimum Gasteiger partial charge on any atom is -0.460 e. The van der Waals surface area contributed by atoms with Gasteiger partial charge in [-0.2, -0.15) is 0 Å². The summed E-state index contributed by atoms with van der Waals surface area (Å²) < 4.78 is 21.1. The Balaban J connectivity index is 2.19. The average Bonchev–Trinajstić information content (AvgIpc) is 2.68. The number of esters is 1. The van der Waals surface area contributed by atoms with Crippen molar-refractivity contribution in [2.45, 2.75) is 12.5 Å². The van der Waals surface area contributed by atoms with Gasteiger partial charge in [0.05, 0.1) is 12.5 Å². The van der Waals surface area contributed by atoms with Crippen molar-refractivity contribution in [1.29, 1.82) is 0 Å². The zero-order chi connectivity index (χ0) is 20.3. The van der Waals surface area contributed by atoms with Crippen LogP contribution in [-0.2, 0) is 20.9 Å². The number of hydrogen-bond donors (Lipinski definition) is 2. The van der Waals surface area contributed by atoms with E-state index in [9.17, 15) is 14.7 Å². The van der Waals surface area contributed by atoms with Crippen LogP contribution in [0.25, 0.3) is 0 Å². The van der Waals surface area contributed by atoms with Crippen LogP contribution >= 0.6 is 11.6 Å². The Morgan fingerprint density at radius 3 is 2.75 bits per heavy atom. The quantitative estimate of drug-likeness (QED) is 0.548. The van der Waals surface area contributed by atoms with E-state index in [0.717, 1.165) is 6.07 Å². The molecule has 0 aliphatic carbocycles. The molecule has 0 fully saturated rings. The van der Waals surface area contributed by atoms with Crippen molar-refractivity contribution in [3.8, 4) is 5.75 Å². The summed E-state index contributed by atoms with van der Waals surface area (Å²) >= 11 is 6.34. The molecule has 1 aromatic carbocycles. The highest BCUT2D eigenvalue weighted by molar-refractivity contribution is 6.31. The SMILES string of the molecule is COCCOC(=O)C1=C(N)Oc2c(oc(CO)cc2=O)C1c1ccccc1Cl. The topological polar surface area (TPSA) is 121 Å². The number of carbonyl (C=O) groups excluding carboxylic acids is 1. The molecule has 0 bridgehead atoms. The van der Waals surface area contributed by atoms with Crippen molar-refractivity contribution in [2.75, 3.05) is 20.3 Å². The van der Waals surface area contributed by atoms with E-state index in [1.54, 1.807) is 24.3 Å². The first-order valence-corrected chi connectivity index (χ1v) is 8.71. The normalized spacial score (nSPS) is 15.8. The van der Waals surface area contributed by atoms with Gasteiger partial charge in [0.2, 0.25) is 17.1 Å². The number of methoxy groups -OCH3 is 1. The van der Waals surface area contributed by atoms with Crippen molar-refractivity contribution < 1.29 is 28.5 Å². The van der Waals surface area contributed by atoms with E-state index in [4.69, 9.17) is 36.0 Å². The molecule has 1 aromatic heterocycles. The molecule has 1 unspecified atom stereocenters. The summed E-state index contributed by atoms with van der Waals surface area (Å²) in [6.07, 6.45) is 0. The largest absolute Gasteiger partial charge is 0.460 e. The molecule has 148 valence electrons. The molecule has 9 heteroatoms. The second-order valence-electron chi connectivity index (χ2n) is 5.89. The molecule has 28 heavy (non-hydrogen) atoms. The third-order valence-electron chi connectivity index (χ3n) is 4.12. The van der Waals surface area contributed by atoms with Gasteiger partial charge in [0, 0.05) is 18.2 Å². The van der Waals surface area contributed by atoms with Crippen LogP contribution in [-0.4, -0.2) is 31.4 Å². The van der Waals surface area contributed by atoms with Crippen LogP contribution in [0.15, 0.2) is 51.0 Å². The fourth-order valence-corrected chi connectivity index (χ4v) is 3.12. The maximum atomic E-state index is 12.7. The number of aliphatic hydroxyl groups excluding tert-OH is 1. The summed E-state index contributed by atoms with van der Waals surface area (Å²) in [6, 6.07) is 7.83. The molecule has 1 aliphatic heterocycles. The lowest BCUT2D eigenvalue weighted by Gasteiger charge is -2.27. The number of carbonyl (C=O) groups is 1. The minimum atomic E-state index is -0.952. The van der Waals surface area contributed by atoms with Crippen LogP contribution in [0.3, 0.4) is 0 Å². The Hall–Kier alpha value is -2.81. The highest BCUT2D eigenvalue weighted by Crippen LogP contribution is 2.43. The van der Waals surface area contributed by atoms with E-state index in [1.165, 1.54) is 7.11 Å². The average molecular weight is 408 g/mol. The van der Waals surface area contributed by atoms with Gasteiger partial charge in [0.25, 0.3) is 0 Å². The van der Waals surface area contributed by atoms with Gasteiger partial charge in [-0.1, -0.05) is 29.8 Å². The summed E-state index contributed by atoms with van der Waals surface area (Å²) in [5.74, 6) is -2.15. The lowest BCUT2D eigenvalue weighted by atomic mass is 9.86. The van der Waals surface area contributed by atoms with E-state index in [2.05, 4.69) is 0 Å².